The van der Waals surface area contributed by atoms with Gasteiger partial charge in [-0.25, -0.2) is 0 Å². The van der Waals surface area contributed by atoms with E-state index in [-0.39, 0.29) is 21.7 Å². The second-order valence-electron chi connectivity index (χ2n) is 2.06. The van der Waals surface area contributed by atoms with Crippen LogP contribution in [0.5, 0.6) is 0 Å². The summed E-state index contributed by atoms with van der Waals surface area (Å²) in [6.45, 7) is 4.49. The quantitative estimate of drug-likeness (QED) is 0.424. The summed E-state index contributed by atoms with van der Waals surface area (Å²) in [5.41, 5.74) is 0. The minimum absolute atomic E-state index is 0. The molecular weight excluding hydrogens is 132 g/mol. The van der Waals surface area contributed by atoms with E-state index >= 15 is 0 Å². The van der Waals surface area contributed by atoms with Crippen LogP contribution in [0, 0.1) is 0 Å². The maximum absolute atomic E-state index is 2.25. The normalized spacial score (nSPS) is 8.25. The Morgan fingerprint density at radius 2 is 1.12 bits per heavy atom. The fourth-order valence-corrected chi connectivity index (χ4v) is 0.677. The van der Waals surface area contributed by atoms with Crippen molar-refractivity contribution in [2.75, 3.05) is 0 Å². The Hall–Kier alpha value is 0.714. The van der Waals surface area contributed by atoms with Crippen LogP contribution in [0.1, 0.15) is 46.0 Å². The van der Waals surface area contributed by atoms with Crippen LogP contribution in [0.2, 0.25) is 0 Å². The number of hydrogen-bond acceptors (Lipinski definition) is 0. The van der Waals surface area contributed by atoms with Crippen molar-refractivity contribution in [2.24, 2.45) is 0 Å². The Morgan fingerprint density at radius 1 is 0.750 bits per heavy atom. The number of rotatable bonds is 4. The molecule has 0 aromatic heterocycles. The zero-order valence-electron chi connectivity index (χ0n) is 6.04. The van der Waals surface area contributed by atoms with Gasteiger partial charge in [0, 0.05) is 21.7 Å². The van der Waals surface area contributed by atoms with Gasteiger partial charge in [0.15, 0.2) is 0 Å². The van der Waals surface area contributed by atoms with Crippen LogP contribution in [-0.4, -0.2) is 0 Å². The zero-order valence-corrected chi connectivity index (χ0v) is 7.60. The molecule has 0 N–H and O–H groups in total. The molecule has 0 radical (unpaired) electrons. The van der Waals surface area contributed by atoms with Crippen LogP contribution in [-0.2, 0) is 21.7 Å². The molecule has 0 saturated carbocycles. The molecule has 0 bridgehead atoms. The molecule has 0 aromatic carbocycles. The Labute approximate surface area is 67.9 Å². The van der Waals surface area contributed by atoms with Crippen molar-refractivity contribution in [2.45, 2.75) is 46.0 Å². The minimum atomic E-state index is 0. The average Bonchev–Trinajstić information content (AvgIpc) is 1.69. The summed E-state index contributed by atoms with van der Waals surface area (Å²) in [6, 6.07) is 0. The van der Waals surface area contributed by atoms with Crippen LogP contribution >= 0.6 is 0 Å². The Kier molecular flexibility index (Phi) is 15.3. The number of hydrogen-bond donors (Lipinski definition) is 0. The summed E-state index contributed by atoms with van der Waals surface area (Å²) in [7, 11) is 0. The first-order valence-corrected chi connectivity index (χ1v) is 3.41. The molecule has 0 aliphatic rings. The molecule has 0 fully saturated rings. The summed E-state index contributed by atoms with van der Waals surface area (Å²) in [4.78, 5) is 0. The molecule has 0 aliphatic heterocycles. The van der Waals surface area contributed by atoms with Gasteiger partial charge in [-0.05, 0) is 0 Å². The largest absolute Gasteiger partial charge is 0.0654 e. The van der Waals surface area contributed by atoms with Crippen molar-refractivity contribution in [3.8, 4) is 0 Å². The molecule has 0 heterocycles. The van der Waals surface area contributed by atoms with Crippen molar-refractivity contribution < 1.29 is 21.7 Å². The SMILES string of the molecule is CCCCCCC.[Ti]. The average molecular weight is 148 g/mol. The van der Waals surface area contributed by atoms with E-state index in [1.165, 1.54) is 32.1 Å². The van der Waals surface area contributed by atoms with E-state index in [0.29, 0.717) is 0 Å². The Morgan fingerprint density at radius 3 is 1.38 bits per heavy atom. The fourth-order valence-electron chi connectivity index (χ4n) is 0.677. The molecule has 0 unspecified atom stereocenters. The zero-order chi connectivity index (χ0) is 5.54. The summed E-state index contributed by atoms with van der Waals surface area (Å²) in [5, 5.41) is 0. The third-order valence-electron chi connectivity index (χ3n) is 1.21. The van der Waals surface area contributed by atoms with Gasteiger partial charge in [-0.15, -0.1) is 0 Å². The molecule has 0 spiro atoms. The van der Waals surface area contributed by atoms with Crippen LogP contribution in [0.15, 0.2) is 0 Å². The molecule has 0 aromatic rings. The fraction of sp³-hybridized carbons (Fsp3) is 1.00. The molecule has 0 atom stereocenters. The van der Waals surface area contributed by atoms with Crippen LogP contribution in [0.4, 0.5) is 0 Å². The van der Waals surface area contributed by atoms with Crippen molar-refractivity contribution >= 4 is 0 Å². The molecular formula is C7H16Ti. The summed E-state index contributed by atoms with van der Waals surface area (Å²) in [5.74, 6) is 0. The van der Waals surface area contributed by atoms with Crippen molar-refractivity contribution in [1.29, 1.82) is 0 Å². The molecule has 0 saturated heterocycles. The van der Waals surface area contributed by atoms with E-state index < -0.39 is 0 Å². The van der Waals surface area contributed by atoms with E-state index in [2.05, 4.69) is 13.8 Å². The predicted octanol–water partition coefficient (Wildman–Crippen LogP) is 2.97. The maximum Gasteiger partial charge on any atom is 0 e. The van der Waals surface area contributed by atoms with Gasteiger partial charge in [0.05, 0.1) is 0 Å². The third-order valence-corrected chi connectivity index (χ3v) is 1.21. The number of unbranched alkanes of at least 4 members (excludes halogenated alkanes) is 4. The molecule has 48 valence electrons. The van der Waals surface area contributed by atoms with Gasteiger partial charge in [0.2, 0.25) is 0 Å². The van der Waals surface area contributed by atoms with Gasteiger partial charge in [0.1, 0.15) is 0 Å². The van der Waals surface area contributed by atoms with E-state index in [1.54, 1.807) is 0 Å². The monoisotopic (exact) mass is 148 g/mol. The third kappa shape index (κ3) is 9.86. The second-order valence-corrected chi connectivity index (χ2v) is 2.06. The van der Waals surface area contributed by atoms with Crippen LogP contribution in [0.25, 0.3) is 0 Å². The predicted molar refractivity (Wildman–Crippen MR) is 34.4 cm³/mol. The van der Waals surface area contributed by atoms with Crippen LogP contribution < -0.4 is 0 Å². The minimum Gasteiger partial charge on any atom is -0.0654 e. The van der Waals surface area contributed by atoms with Gasteiger partial charge in [-0.2, -0.15) is 0 Å². The van der Waals surface area contributed by atoms with Gasteiger partial charge in [-0.1, -0.05) is 46.0 Å². The Balaban J connectivity index is 0. The molecule has 0 amide bonds. The molecule has 1 heteroatoms. The van der Waals surface area contributed by atoms with E-state index in [4.69, 9.17) is 0 Å². The standard InChI is InChI=1S/C7H16.Ti/c1-3-5-7-6-4-2;/h3-7H2,1-2H3;. The molecule has 0 rings (SSSR count). The molecule has 8 heavy (non-hydrogen) atoms. The van der Waals surface area contributed by atoms with Crippen molar-refractivity contribution in [3.05, 3.63) is 0 Å². The van der Waals surface area contributed by atoms with E-state index in [9.17, 15) is 0 Å². The van der Waals surface area contributed by atoms with E-state index in [0.717, 1.165) is 0 Å². The van der Waals surface area contributed by atoms with Gasteiger partial charge >= 0.3 is 0 Å². The van der Waals surface area contributed by atoms with Gasteiger partial charge < -0.3 is 0 Å². The Bertz CT molecular complexity index is 23.6. The smallest absolute Gasteiger partial charge is 0 e. The topological polar surface area (TPSA) is 0 Å². The first-order chi connectivity index (χ1) is 3.41. The second kappa shape index (κ2) is 10.7. The molecule has 0 aliphatic carbocycles. The van der Waals surface area contributed by atoms with Gasteiger partial charge in [-0.3, -0.25) is 0 Å². The van der Waals surface area contributed by atoms with Crippen molar-refractivity contribution in [3.63, 3.8) is 0 Å². The summed E-state index contributed by atoms with van der Waals surface area (Å²) < 4.78 is 0. The first kappa shape index (κ1) is 11.5. The first-order valence-electron chi connectivity index (χ1n) is 3.41. The summed E-state index contributed by atoms with van der Waals surface area (Å²) >= 11 is 0. The summed E-state index contributed by atoms with van der Waals surface area (Å²) in [6.07, 6.45) is 7.01. The van der Waals surface area contributed by atoms with Gasteiger partial charge in [0.25, 0.3) is 0 Å². The van der Waals surface area contributed by atoms with E-state index in [1.807, 2.05) is 0 Å². The van der Waals surface area contributed by atoms with Crippen molar-refractivity contribution in [1.82, 2.24) is 0 Å². The molecule has 0 nitrogen and oxygen atoms in total. The van der Waals surface area contributed by atoms with Crippen LogP contribution in [0.3, 0.4) is 0 Å². The maximum atomic E-state index is 2.25.